The van der Waals surface area contributed by atoms with E-state index in [9.17, 15) is 28.2 Å². The molecule has 1 aromatic rings. The van der Waals surface area contributed by atoms with Crippen LogP contribution in [-0.4, -0.2) is 35.5 Å². The summed E-state index contributed by atoms with van der Waals surface area (Å²) in [4.78, 5) is 13.2. The number of halogens is 3. The lowest BCUT2D eigenvalue weighted by Gasteiger charge is -2.19. The minimum absolute atomic E-state index is 0.103. The minimum Gasteiger partial charge on any atom is -0.406 e. The molecule has 120 valence electrons. The molecule has 0 saturated heterocycles. The molecule has 0 spiro atoms. The van der Waals surface area contributed by atoms with Crippen molar-refractivity contribution in [1.82, 2.24) is 0 Å². The van der Waals surface area contributed by atoms with E-state index in [0.29, 0.717) is 0 Å². The Morgan fingerprint density at radius 3 is 2.59 bits per heavy atom. The molecular formula is C12H12F3N3O4. The lowest BCUT2D eigenvalue weighted by Crippen LogP contribution is -2.20. The summed E-state index contributed by atoms with van der Waals surface area (Å²) in [6, 6.07) is 2.84. The summed E-state index contributed by atoms with van der Waals surface area (Å²) in [5.74, 6) is -0.687. The molecule has 2 atom stereocenters. The number of hydrogen-bond donors (Lipinski definition) is 2. The molecule has 10 heteroatoms. The quantitative estimate of drug-likeness (QED) is 0.347. The molecule has 2 N–H and O–H groups in total. The highest BCUT2D eigenvalue weighted by Crippen LogP contribution is 2.28. The SMILES string of the molecule is [N-]=[N+]=NCCC(O)C(O)c1cc(C=O)cc(OC(F)(F)F)c1. The van der Waals surface area contributed by atoms with Gasteiger partial charge in [0, 0.05) is 17.0 Å². The van der Waals surface area contributed by atoms with E-state index in [0.717, 1.165) is 18.2 Å². The first-order valence-electron chi connectivity index (χ1n) is 5.99. The van der Waals surface area contributed by atoms with Crippen LogP contribution < -0.4 is 4.74 Å². The number of ether oxygens (including phenoxy) is 1. The van der Waals surface area contributed by atoms with E-state index < -0.39 is 24.3 Å². The van der Waals surface area contributed by atoms with Crippen LogP contribution in [0.4, 0.5) is 13.2 Å². The summed E-state index contributed by atoms with van der Waals surface area (Å²) < 4.78 is 40.3. The van der Waals surface area contributed by atoms with Crippen LogP contribution in [-0.2, 0) is 0 Å². The summed E-state index contributed by atoms with van der Waals surface area (Å²) in [6.07, 6.45) is -7.72. The van der Waals surface area contributed by atoms with E-state index in [4.69, 9.17) is 5.53 Å². The summed E-state index contributed by atoms with van der Waals surface area (Å²) in [6.45, 7) is -0.103. The van der Waals surface area contributed by atoms with Gasteiger partial charge in [-0.25, -0.2) is 0 Å². The number of nitrogens with zero attached hydrogens (tertiary/aromatic N) is 3. The maximum Gasteiger partial charge on any atom is 0.573 e. The van der Waals surface area contributed by atoms with Crippen LogP contribution in [0.5, 0.6) is 5.75 Å². The molecule has 0 bridgehead atoms. The van der Waals surface area contributed by atoms with Crippen molar-refractivity contribution < 1.29 is 32.9 Å². The van der Waals surface area contributed by atoms with E-state index in [1.165, 1.54) is 0 Å². The number of carbonyl (C=O) groups excluding carboxylic acids is 1. The Morgan fingerprint density at radius 1 is 1.36 bits per heavy atom. The highest BCUT2D eigenvalue weighted by Gasteiger charge is 2.31. The van der Waals surface area contributed by atoms with E-state index in [1.54, 1.807) is 0 Å². The first-order valence-corrected chi connectivity index (χ1v) is 5.99. The largest absolute Gasteiger partial charge is 0.573 e. The van der Waals surface area contributed by atoms with Gasteiger partial charge < -0.3 is 14.9 Å². The number of rotatable bonds is 7. The Labute approximate surface area is 122 Å². The molecule has 2 unspecified atom stereocenters. The van der Waals surface area contributed by atoms with E-state index >= 15 is 0 Å². The topological polar surface area (TPSA) is 116 Å². The van der Waals surface area contributed by atoms with Crippen molar-refractivity contribution in [3.63, 3.8) is 0 Å². The van der Waals surface area contributed by atoms with Crippen molar-refractivity contribution in [2.75, 3.05) is 6.54 Å². The molecule has 0 aliphatic rings. The third kappa shape index (κ3) is 5.60. The second-order valence-corrected chi connectivity index (χ2v) is 4.26. The lowest BCUT2D eigenvalue weighted by atomic mass is 10.00. The number of aldehydes is 1. The Hall–Kier alpha value is -2.29. The molecule has 22 heavy (non-hydrogen) atoms. The van der Waals surface area contributed by atoms with Gasteiger partial charge in [0.1, 0.15) is 18.1 Å². The number of benzene rings is 1. The first-order chi connectivity index (χ1) is 10.3. The molecular weight excluding hydrogens is 307 g/mol. The smallest absolute Gasteiger partial charge is 0.406 e. The van der Waals surface area contributed by atoms with Crippen LogP contribution in [0.1, 0.15) is 28.4 Å². The molecule has 1 rings (SSSR count). The van der Waals surface area contributed by atoms with Gasteiger partial charge in [-0.2, -0.15) is 0 Å². The molecule has 0 heterocycles. The van der Waals surface area contributed by atoms with Crippen LogP contribution in [0.25, 0.3) is 10.4 Å². The number of carbonyl (C=O) groups is 1. The van der Waals surface area contributed by atoms with E-state index in [2.05, 4.69) is 14.8 Å². The average Bonchev–Trinajstić information content (AvgIpc) is 2.44. The van der Waals surface area contributed by atoms with Crippen molar-refractivity contribution >= 4 is 6.29 Å². The van der Waals surface area contributed by atoms with Gasteiger partial charge in [0.25, 0.3) is 0 Å². The molecule has 0 amide bonds. The Morgan fingerprint density at radius 2 is 2.05 bits per heavy atom. The number of aliphatic hydroxyl groups excluding tert-OH is 2. The number of aliphatic hydroxyl groups is 2. The van der Waals surface area contributed by atoms with Crippen molar-refractivity contribution in [3.8, 4) is 5.75 Å². The number of azide groups is 1. The van der Waals surface area contributed by atoms with Gasteiger partial charge in [0.2, 0.25) is 0 Å². The summed E-state index contributed by atoms with van der Waals surface area (Å²) in [5.41, 5.74) is 7.82. The van der Waals surface area contributed by atoms with Gasteiger partial charge in [-0.1, -0.05) is 5.11 Å². The highest BCUT2D eigenvalue weighted by atomic mass is 19.4. The zero-order chi connectivity index (χ0) is 16.8. The summed E-state index contributed by atoms with van der Waals surface area (Å²) >= 11 is 0. The molecule has 0 aliphatic carbocycles. The monoisotopic (exact) mass is 319 g/mol. The minimum atomic E-state index is -4.95. The highest BCUT2D eigenvalue weighted by molar-refractivity contribution is 5.76. The maximum absolute atomic E-state index is 12.2. The fourth-order valence-corrected chi connectivity index (χ4v) is 1.69. The van der Waals surface area contributed by atoms with Gasteiger partial charge >= 0.3 is 6.36 Å². The lowest BCUT2D eigenvalue weighted by molar-refractivity contribution is -0.274. The van der Waals surface area contributed by atoms with Crippen LogP contribution in [0, 0.1) is 0 Å². The maximum atomic E-state index is 12.2. The standard InChI is InChI=1S/C12H12F3N3O4/c13-12(14,15)22-9-4-7(6-19)3-8(5-9)11(21)10(20)1-2-17-18-16/h3-6,10-11,20-21H,1-2H2. The Bertz CT molecular complexity index is 573. The normalized spacial score (nSPS) is 13.9. The Balaban J connectivity index is 2.99. The zero-order valence-electron chi connectivity index (χ0n) is 11.1. The van der Waals surface area contributed by atoms with Crippen molar-refractivity contribution in [1.29, 1.82) is 0 Å². The Kier molecular flexibility index (Phi) is 6.17. The van der Waals surface area contributed by atoms with Crippen LogP contribution in [0.2, 0.25) is 0 Å². The van der Waals surface area contributed by atoms with E-state index in [1.807, 2.05) is 0 Å². The number of hydrogen-bond acceptors (Lipinski definition) is 5. The van der Waals surface area contributed by atoms with E-state index in [-0.39, 0.29) is 30.4 Å². The summed E-state index contributed by atoms with van der Waals surface area (Å²) in [5, 5.41) is 22.8. The predicted octanol–water partition coefficient (Wildman–Crippen LogP) is 2.49. The molecule has 7 nitrogen and oxygen atoms in total. The second-order valence-electron chi connectivity index (χ2n) is 4.26. The molecule has 0 radical (unpaired) electrons. The van der Waals surface area contributed by atoms with Crippen LogP contribution in [0.3, 0.4) is 0 Å². The van der Waals surface area contributed by atoms with Crippen LogP contribution in [0.15, 0.2) is 23.3 Å². The zero-order valence-corrected chi connectivity index (χ0v) is 11.1. The molecule has 0 fully saturated rings. The van der Waals surface area contributed by atoms with Gasteiger partial charge in [0.05, 0.1) is 6.10 Å². The fourth-order valence-electron chi connectivity index (χ4n) is 1.69. The molecule has 1 aromatic carbocycles. The van der Waals surface area contributed by atoms with Gasteiger partial charge in [-0.15, -0.1) is 13.2 Å². The second kappa shape index (κ2) is 7.64. The van der Waals surface area contributed by atoms with Crippen LogP contribution >= 0.6 is 0 Å². The third-order valence-corrected chi connectivity index (χ3v) is 2.61. The predicted molar refractivity (Wildman–Crippen MR) is 68.1 cm³/mol. The van der Waals surface area contributed by atoms with Crippen molar-refractivity contribution in [2.45, 2.75) is 25.0 Å². The van der Waals surface area contributed by atoms with Gasteiger partial charge in [0.15, 0.2) is 0 Å². The molecule has 0 aromatic heterocycles. The van der Waals surface area contributed by atoms with Crippen molar-refractivity contribution in [3.05, 3.63) is 39.8 Å². The molecule has 0 aliphatic heterocycles. The first kappa shape index (κ1) is 17.8. The average molecular weight is 319 g/mol. The van der Waals surface area contributed by atoms with Crippen molar-refractivity contribution in [2.24, 2.45) is 5.11 Å². The molecule has 0 saturated carbocycles. The fraction of sp³-hybridized carbons (Fsp3) is 0.417. The summed E-state index contributed by atoms with van der Waals surface area (Å²) in [7, 11) is 0. The number of alkyl halides is 3. The third-order valence-electron chi connectivity index (χ3n) is 2.61. The van der Waals surface area contributed by atoms with Gasteiger partial charge in [-0.3, -0.25) is 4.79 Å². The van der Waals surface area contributed by atoms with Gasteiger partial charge in [-0.05, 0) is 35.7 Å².